The molecule has 5 nitrogen and oxygen atoms in total. The first kappa shape index (κ1) is 14.6. The van der Waals surface area contributed by atoms with E-state index in [1.165, 1.54) is 0 Å². The molecule has 1 aliphatic heterocycles. The van der Waals surface area contributed by atoms with E-state index in [9.17, 15) is 5.11 Å². The van der Waals surface area contributed by atoms with E-state index >= 15 is 0 Å². The highest BCUT2D eigenvalue weighted by atomic mass is 16.5. The van der Waals surface area contributed by atoms with Crippen LogP contribution < -0.4 is 0 Å². The summed E-state index contributed by atoms with van der Waals surface area (Å²) in [5, 5.41) is 19.1. The van der Waals surface area contributed by atoms with Gasteiger partial charge >= 0.3 is 0 Å². The summed E-state index contributed by atoms with van der Waals surface area (Å²) in [5.74, 6) is 0. The van der Waals surface area contributed by atoms with Crippen LogP contribution in [0.5, 0.6) is 0 Å². The Morgan fingerprint density at radius 2 is 2.33 bits per heavy atom. The van der Waals surface area contributed by atoms with Crippen LogP contribution in [-0.2, 0) is 18.3 Å². The van der Waals surface area contributed by atoms with Crippen LogP contribution in [0.2, 0.25) is 0 Å². The lowest BCUT2D eigenvalue weighted by atomic mass is 9.79. The normalized spacial score (nSPS) is 32.9. The molecule has 0 unspecified atom stereocenters. The molecule has 5 heteroatoms. The van der Waals surface area contributed by atoms with Gasteiger partial charge in [0.2, 0.25) is 0 Å². The smallest absolute Gasteiger partial charge is 0.120 e. The summed E-state index contributed by atoms with van der Waals surface area (Å²) in [6.07, 6.45) is 5.38. The lowest BCUT2D eigenvalue weighted by Crippen LogP contribution is -2.51. The zero-order valence-corrected chi connectivity index (χ0v) is 12.7. The quantitative estimate of drug-likeness (QED) is 0.913. The molecule has 1 aromatic heterocycles. The first-order valence-corrected chi connectivity index (χ1v) is 7.60. The van der Waals surface area contributed by atoms with Crippen LogP contribution in [0.1, 0.15) is 36.9 Å². The third-order valence-corrected chi connectivity index (χ3v) is 5.23. The number of methoxy groups -OCH3 is 1. The van der Waals surface area contributed by atoms with Gasteiger partial charge in [-0.25, -0.2) is 0 Å². The maximum absolute atomic E-state index is 10.0. The number of nitrogens with zero attached hydrogens (tertiary/aromatic N) is 3. The van der Waals surface area contributed by atoms with Gasteiger partial charge in [-0.15, -0.1) is 0 Å². The summed E-state index contributed by atoms with van der Waals surface area (Å²) < 4.78 is 7.72. The van der Waals surface area contributed by atoms with Gasteiger partial charge in [0.05, 0.1) is 11.7 Å². The predicted octanol–water partition coefficient (Wildman–Crippen LogP) is 1.40. The number of likely N-dealkylation sites (tertiary alicyclic amines) is 1. The Balaban J connectivity index is 1.78. The molecule has 1 saturated carbocycles. The molecule has 0 aromatic carbocycles. The van der Waals surface area contributed by atoms with E-state index in [1.807, 2.05) is 23.9 Å². The number of ether oxygens (including phenoxy) is 1. The van der Waals surface area contributed by atoms with Gasteiger partial charge < -0.3 is 14.4 Å². The van der Waals surface area contributed by atoms with E-state index in [4.69, 9.17) is 10.00 Å². The molecule has 1 aliphatic carbocycles. The maximum Gasteiger partial charge on any atom is 0.120 e. The Bertz CT molecular complexity index is 562. The van der Waals surface area contributed by atoms with Crippen molar-refractivity contribution < 1.29 is 9.84 Å². The van der Waals surface area contributed by atoms with Crippen molar-refractivity contribution in [3.05, 3.63) is 23.5 Å². The third kappa shape index (κ3) is 2.48. The van der Waals surface area contributed by atoms with Crippen LogP contribution in [0.15, 0.2) is 12.3 Å². The van der Waals surface area contributed by atoms with E-state index < -0.39 is 0 Å². The molecule has 114 valence electrons. The second-order valence-electron chi connectivity index (χ2n) is 6.39. The van der Waals surface area contributed by atoms with E-state index in [-0.39, 0.29) is 17.7 Å². The van der Waals surface area contributed by atoms with Crippen molar-refractivity contribution in [2.45, 2.75) is 50.0 Å². The van der Waals surface area contributed by atoms with Crippen molar-refractivity contribution >= 4 is 0 Å². The molecular weight excluding hydrogens is 266 g/mol. The maximum atomic E-state index is 10.0. The largest absolute Gasteiger partial charge is 0.393 e. The lowest BCUT2D eigenvalue weighted by molar-refractivity contribution is -0.0879. The fraction of sp³-hybridized carbons (Fsp3) is 0.688. The molecule has 1 aromatic rings. The highest BCUT2D eigenvalue weighted by Crippen LogP contribution is 2.42. The SMILES string of the molecule is CO[C@@]12CC[C@H](O)C[C@@H]1N(Cc1cc(C#N)n(C)c1)CC2. The van der Waals surface area contributed by atoms with Crippen molar-refractivity contribution in [1.29, 1.82) is 5.26 Å². The molecule has 0 bridgehead atoms. The van der Waals surface area contributed by atoms with Gasteiger partial charge in [-0.1, -0.05) is 0 Å². The number of hydrogen-bond acceptors (Lipinski definition) is 4. The Labute approximate surface area is 125 Å². The van der Waals surface area contributed by atoms with Gasteiger partial charge in [0.15, 0.2) is 0 Å². The summed E-state index contributed by atoms with van der Waals surface area (Å²) in [4.78, 5) is 2.41. The molecule has 0 spiro atoms. The van der Waals surface area contributed by atoms with Crippen molar-refractivity contribution in [1.82, 2.24) is 9.47 Å². The number of rotatable bonds is 3. The summed E-state index contributed by atoms with van der Waals surface area (Å²) in [6.45, 7) is 1.81. The van der Waals surface area contributed by atoms with Gasteiger partial charge in [-0.05, 0) is 37.3 Å². The molecule has 3 rings (SSSR count). The molecule has 2 heterocycles. The van der Waals surface area contributed by atoms with Crippen molar-refractivity contribution in [2.75, 3.05) is 13.7 Å². The van der Waals surface area contributed by atoms with Gasteiger partial charge in [0.25, 0.3) is 0 Å². The average Bonchev–Trinajstić information content (AvgIpc) is 3.01. The standard InChI is InChI=1S/C16H23N3O2/c1-18-10-12(7-13(18)9-17)11-19-6-5-16(21-2)4-3-14(20)8-15(16)19/h7,10,14-15,20H,3-6,8,11H2,1-2H3/t14-,15-,16+/m0/s1. The second-order valence-corrected chi connectivity index (χ2v) is 6.39. The van der Waals surface area contributed by atoms with Gasteiger partial charge in [0, 0.05) is 39.5 Å². The number of aliphatic hydroxyl groups is 1. The van der Waals surface area contributed by atoms with E-state index in [2.05, 4.69) is 11.0 Å². The number of aromatic nitrogens is 1. The van der Waals surface area contributed by atoms with Crippen LogP contribution in [0.3, 0.4) is 0 Å². The summed E-state index contributed by atoms with van der Waals surface area (Å²) in [5.41, 5.74) is 1.75. The second kappa shape index (κ2) is 5.45. The van der Waals surface area contributed by atoms with E-state index in [0.717, 1.165) is 44.3 Å². The number of hydrogen-bond donors (Lipinski definition) is 1. The van der Waals surface area contributed by atoms with Crippen molar-refractivity contribution in [3.8, 4) is 6.07 Å². The number of fused-ring (bicyclic) bond motifs is 1. The summed E-state index contributed by atoms with van der Waals surface area (Å²) >= 11 is 0. The van der Waals surface area contributed by atoms with Gasteiger partial charge in [0.1, 0.15) is 11.8 Å². The average molecular weight is 289 g/mol. The van der Waals surface area contributed by atoms with E-state index in [1.54, 1.807) is 7.11 Å². The lowest BCUT2D eigenvalue weighted by Gasteiger charge is -2.42. The molecule has 2 aliphatic rings. The summed E-state index contributed by atoms with van der Waals surface area (Å²) in [7, 11) is 3.69. The zero-order chi connectivity index (χ0) is 15.0. The first-order chi connectivity index (χ1) is 10.1. The fourth-order valence-corrected chi connectivity index (χ4v) is 4.02. The molecular formula is C16H23N3O2. The molecule has 3 atom stereocenters. The molecule has 1 N–H and O–H groups in total. The topological polar surface area (TPSA) is 61.4 Å². The molecule has 0 amide bonds. The highest BCUT2D eigenvalue weighted by molar-refractivity contribution is 5.28. The van der Waals surface area contributed by atoms with Gasteiger partial charge in [-0.2, -0.15) is 5.26 Å². The van der Waals surface area contributed by atoms with Crippen molar-refractivity contribution in [3.63, 3.8) is 0 Å². The molecule has 21 heavy (non-hydrogen) atoms. The zero-order valence-electron chi connectivity index (χ0n) is 12.7. The minimum absolute atomic E-state index is 0.0912. The number of aryl methyl sites for hydroxylation is 1. The molecule has 0 radical (unpaired) electrons. The van der Waals surface area contributed by atoms with Crippen LogP contribution in [0.4, 0.5) is 0 Å². The van der Waals surface area contributed by atoms with E-state index in [0.29, 0.717) is 5.69 Å². The third-order valence-electron chi connectivity index (χ3n) is 5.23. The Kier molecular flexibility index (Phi) is 3.78. The number of aliphatic hydroxyl groups excluding tert-OH is 1. The highest BCUT2D eigenvalue weighted by Gasteiger charge is 2.50. The van der Waals surface area contributed by atoms with Gasteiger partial charge in [-0.3, -0.25) is 4.90 Å². The molecule has 1 saturated heterocycles. The number of nitriles is 1. The monoisotopic (exact) mass is 289 g/mol. The minimum atomic E-state index is -0.218. The molecule has 2 fully saturated rings. The minimum Gasteiger partial charge on any atom is -0.393 e. The van der Waals surface area contributed by atoms with Crippen molar-refractivity contribution in [2.24, 2.45) is 7.05 Å². The first-order valence-electron chi connectivity index (χ1n) is 7.60. The summed E-state index contributed by atoms with van der Waals surface area (Å²) in [6, 6.07) is 4.43. The Morgan fingerprint density at radius 3 is 3.00 bits per heavy atom. The predicted molar refractivity (Wildman–Crippen MR) is 78.5 cm³/mol. The van der Waals surface area contributed by atoms with Crippen LogP contribution in [-0.4, -0.2) is 46.0 Å². The van der Waals surface area contributed by atoms with Crippen LogP contribution in [0, 0.1) is 11.3 Å². The fourth-order valence-electron chi connectivity index (χ4n) is 4.02. The Hall–Kier alpha value is -1.35. The van der Waals surface area contributed by atoms with Crippen LogP contribution >= 0.6 is 0 Å². The van der Waals surface area contributed by atoms with Crippen LogP contribution in [0.25, 0.3) is 0 Å². The Morgan fingerprint density at radius 1 is 1.52 bits per heavy atom.